The van der Waals surface area contributed by atoms with E-state index in [1.165, 1.54) is 0 Å². The third-order valence-corrected chi connectivity index (χ3v) is 2.76. The number of rotatable bonds is 5. The summed E-state index contributed by atoms with van der Waals surface area (Å²) in [5, 5.41) is 4.29. The molecule has 0 saturated heterocycles. The minimum atomic E-state index is 0.426. The molecule has 1 aromatic heterocycles. The fourth-order valence-corrected chi connectivity index (χ4v) is 1.81. The van der Waals surface area contributed by atoms with Crippen molar-refractivity contribution in [2.75, 3.05) is 14.2 Å². The second-order valence-electron chi connectivity index (χ2n) is 4.49. The molecule has 4 heteroatoms. The summed E-state index contributed by atoms with van der Waals surface area (Å²) < 4.78 is 16.3. The molecule has 1 heterocycles. The van der Waals surface area contributed by atoms with Crippen molar-refractivity contribution in [2.45, 2.75) is 26.4 Å². The molecule has 0 saturated carbocycles. The lowest BCUT2D eigenvalue weighted by Gasteiger charge is -2.04. The van der Waals surface area contributed by atoms with E-state index in [0.717, 1.165) is 28.2 Å². The van der Waals surface area contributed by atoms with Crippen molar-refractivity contribution < 1.29 is 13.9 Å². The number of fused-ring (bicyclic) bond motifs is 1. The molecule has 0 spiro atoms. The van der Waals surface area contributed by atoms with Gasteiger partial charge < -0.3 is 19.2 Å². The smallest absolute Gasteiger partial charge is 0.141 e. The van der Waals surface area contributed by atoms with Gasteiger partial charge in [-0.25, -0.2) is 0 Å². The molecule has 18 heavy (non-hydrogen) atoms. The minimum Gasteiger partial charge on any atom is -0.496 e. The van der Waals surface area contributed by atoms with Crippen molar-refractivity contribution >= 4 is 11.0 Å². The molecule has 1 N–H and O–H groups in total. The second-order valence-corrected chi connectivity index (χ2v) is 4.49. The first-order valence-electron chi connectivity index (χ1n) is 6.02. The first-order valence-corrected chi connectivity index (χ1v) is 6.02. The molecule has 2 aromatic rings. The van der Waals surface area contributed by atoms with E-state index in [-0.39, 0.29) is 0 Å². The summed E-state index contributed by atoms with van der Waals surface area (Å²) in [6.45, 7) is 4.91. The predicted molar refractivity (Wildman–Crippen MR) is 71.3 cm³/mol. The van der Waals surface area contributed by atoms with E-state index in [0.29, 0.717) is 12.6 Å². The van der Waals surface area contributed by atoms with Crippen molar-refractivity contribution in [1.29, 1.82) is 0 Å². The lowest BCUT2D eigenvalue weighted by molar-refractivity contribution is 0.396. The van der Waals surface area contributed by atoms with Crippen molar-refractivity contribution in [3.05, 3.63) is 24.0 Å². The Hall–Kier alpha value is -1.68. The number of hydrogen-bond acceptors (Lipinski definition) is 4. The lowest BCUT2D eigenvalue weighted by atomic mass is 10.2. The van der Waals surface area contributed by atoms with E-state index in [2.05, 4.69) is 19.2 Å². The Labute approximate surface area is 107 Å². The Morgan fingerprint density at radius 1 is 1.17 bits per heavy atom. The van der Waals surface area contributed by atoms with Crippen LogP contribution in [-0.2, 0) is 6.54 Å². The summed E-state index contributed by atoms with van der Waals surface area (Å²) in [4.78, 5) is 0. The van der Waals surface area contributed by atoms with Gasteiger partial charge in [-0.2, -0.15) is 0 Å². The van der Waals surface area contributed by atoms with Crippen LogP contribution in [0.15, 0.2) is 22.6 Å². The van der Waals surface area contributed by atoms with Crippen molar-refractivity contribution in [1.82, 2.24) is 5.32 Å². The summed E-state index contributed by atoms with van der Waals surface area (Å²) in [6.07, 6.45) is 0. The molecular formula is C14H19NO3. The number of benzene rings is 1. The minimum absolute atomic E-state index is 0.426. The molecule has 0 unspecified atom stereocenters. The standard InChI is InChI=1S/C14H19NO3/c1-9(2)15-8-11-5-12-13(17-4)6-10(16-3)7-14(12)18-11/h5-7,9,15H,8H2,1-4H3. The van der Waals surface area contributed by atoms with Gasteiger partial charge in [0.05, 0.1) is 26.2 Å². The van der Waals surface area contributed by atoms with Crippen molar-refractivity contribution in [2.24, 2.45) is 0 Å². The zero-order chi connectivity index (χ0) is 13.1. The number of furan rings is 1. The first-order chi connectivity index (χ1) is 8.63. The van der Waals surface area contributed by atoms with Gasteiger partial charge in [0.25, 0.3) is 0 Å². The van der Waals surface area contributed by atoms with Gasteiger partial charge in [0.1, 0.15) is 22.8 Å². The summed E-state index contributed by atoms with van der Waals surface area (Å²) in [7, 11) is 3.28. The van der Waals surface area contributed by atoms with Gasteiger partial charge in [0.2, 0.25) is 0 Å². The Morgan fingerprint density at radius 3 is 2.56 bits per heavy atom. The highest BCUT2D eigenvalue weighted by Crippen LogP contribution is 2.33. The Balaban J connectivity index is 2.36. The molecule has 0 aliphatic carbocycles. The maximum atomic E-state index is 5.78. The largest absolute Gasteiger partial charge is 0.496 e. The van der Waals surface area contributed by atoms with Crippen LogP contribution in [0.1, 0.15) is 19.6 Å². The van der Waals surface area contributed by atoms with Crippen LogP contribution in [0.25, 0.3) is 11.0 Å². The highest BCUT2D eigenvalue weighted by molar-refractivity contribution is 5.86. The monoisotopic (exact) mass is 249 g/mol. The normalized spacial score (nSPS) is 11.2. The number of hydrogen-bond donors (Lipinski definition) is 1. The van der Waals surface area contributed by atoms with Gasteiger partial charge in [-0.1, -0.05) is 13.8 Å². The van der Waals surface area contributed by atoms with Crippen molar-refractivity contribution in [3.8, 4) is 11.5 Å². The molecule has 1 aromatic carbocycles. The van der Waals surface area contributed by atoms with E-state index in [1.807, 2.05) is 18.2 Å². The number of nitrogens with one attached hydrogen (secondary N) is 1. The van der Waals surface area contributed by atoms with E-state index in [4.69, 9.17) is 13.9 Å². The second kappa shape index (κ2) is 5.31. The van der Waals surface area contributed by atoms with Gasteiger partial charge >= 0.3 is 0 Å². The molecule has 0 radical (unpaired) electrons. The summed E-state index contributed by atoms with van der Waals surface area (Å²) in [6, 6.07) is 6.16. The summed E-state index contributed by atoms with van der Waals surface area (Å²) in [5.74, 6) is 2.39. The molecule has 2 rings (SSSR count). The maximum Gasteiger partial charge on any atom is 0.141 e. The topological polar surface area (TPSA) is 43.6 Å². The van der Waals surface area contributed by atoms with E-state index in [1.54, 1.807) is 14.2 Å². The highest BCUT2D eigenvalue weighted by atomic mass is 16.5. The zero-order valence-corrected chi connectivity index (χ0v) is 11.2. The van der Waals surface area contributed by atoms with E-state index < -0.39 is 0 Å². The van der Waals surface area contributed by atoms with Crippen LogP contribution in [0.5, 0.6) is 11.5 Å². The van der Waals surface area contributed by atoms with E-state index in [9.17, 15) is 0 Å². The van der Waals surface area contributed by atoms with Gasteiger partial charge in [-0.05, 0) is 6.07 Å². The van der Waals surface area contributed by atoms with Crippen LogP contribution < -0.4 is 14.8 Å². The molecule has 0 bridgehead atoms. The SMILES string of the molecule is COc1cc(OC)c2cc(CNC(C)C)oc2c1. The Kier molecular flexibility index (Phi) is 3.77. The molecule has 98 valence electrons. The average molecular weight is 249 g/mol. The number of ether oxygens (including phenoxy) is 2. The molecular weight excluding hydrogens is 230 g/mol. The Morgan fingerprint density at radius 2 is 1.94 bits per heavy atom. The average Bonchev–Trinajstić information content (AvgIpc) is 2.77. The lowest BCUT2D eigenvalue weighted by Crippen LogP contribution is -2.21. The van der Waals surface area contributed by atoms with Crippen LogP contribution >= 0.6 is 0 Å². The third kappa shape index (κ3) is 2.59. The van der Waals surface area contributed by atoms with E-state index >= 15 is 0 Å². The third-order valence-electron chi connectivity index (χ3n) is 2.76. The molecule has 0 aliphatic heterocycles. The molecule has 0 amide bonds. The van der Waals surface area contributed by atoms with Crippen LogP contribution in [0, 0.1) is 0 Å². The predicted octanol–water partition coefficient (Wildman–Crippen LogP) is 2.95. The highest BCUT2D eigenvalue weighted by Gasteiger charge is 2.11. The van der Waals surface area contributed by atoms with Gasteiger partial charge in [0, 0.05) is 18.2 Å². The molecule has 0 atom stereocenters. The van der Waals surface area contributed by atoms with Crippen molar-refractivity contribution in [3.63, 3.8) is 0 Å². The maximum absolute atomic E-state index is 5.78. The van der Waals surface area contributed by atoms with Gasteiger partial charge in [-0.15, -0.1) is 0 Å². The van der Waals surface area contributed by atoms with Crippen LogP contribution in [0.3, 0.4) is 0 Å². The fraction of sp³-hybridized carbons (Fsp3) is 0.429. The summed E-state index contributed by atoms with van der Waals surface area (Å²) in [5.41, 5.74) is 0.784. The first kappa shape index (κ1) is 12.8. The quantitative estimate of drug-likeness (QED) is 0.884. The van der Waals surface area contributed by atoms with Crippen LogP contribution in [-0.4, -0.2) is 20.3 Å². The van der Waals surface area contributed by atoms with Crippen LogP contribution in [0.4, 0.5) is 0 Å². The van der Waals surface area contributed by atoms with Crippen LogP contribution in [0.2, 0.25) is 0 Å². The fourth-order valence-electron chi connectivity index (χ4n) is 1.81. The summed E-state index contributed by atoms with van der Waals surface area (Å²) >= 11 is 0. The van der Waals surface area contributed by atoms with Gasteiger partial charge in [0.15, 0.2) is 0 Å². The number of methoxy groups -OCH3 is 2. The molecule has 0 fully saturated rings. The molecule has 4 nitrogen and oxygen atoms in total. The molecule has 0 aliphatic rings. The van der Waals surface area contributed by atoms with Gasteiger partial charge in [-0.3, -0.25) is 0 Å². The zero-order valence-electron chi connectivity index (χ0n) is 11.2. The Bertz CT molecular complexity index is 531.